The first-order valence-corrected chi connectivity index (χ1v) is 8.30. The summed E-state index contributed by atoms with van der Waals surface area (Å²) in [5.41, 5.74) is 0.386. The molecule has 0 aliphatic carbocycles. The number of amides is 1. The van der Waals surface area contributed by atoms with E-state index in [2.05, 4.69) is 5.32 Å². The highest BCUT2D eigenvalue weighted by molar-refractivity contribution is 5.93. The smallest absolute Gasteiger partial charge is 0.344 e. The van der Waals surface area contributed by atoms with Crippen LogP contribution < -0.4 is 20.4 Å². The van der Waals surface area contributed by atoms with Gasteiger partial charge in [0.2, 0.25) is 0 Å². The van der Waals surface area contributed by atoms with Crippen LogP contribution in [0.25, 0.3) is 11.0 Å². The van der Waals surface area contributed by atoms with E-state index in [4.69, 9.17) is 18.6 Å². The molecule has 8 heteroatoms. The second kappa shape index (κ2) is 8.72. The molecule has 0 saturated heterocycles. The summed E-state index contributed by atoms with van der Waals surface area (Å²) in [6.07, 6.45) is 0. The summed E-state index contributed by atoms with van der Waals surface area (Å²) in [5.74, 6) is -0.279. The van der Waals surface area contributed by atoms with Gasteiger partial charge in [0, 0.05) is 29.3 Å². The van der Waals surface area contributed by atoms with Crippen LogP contribution in [0, 0.1) is 0 Å². The minimum absolute atomic E-state index is 0.333. The molecule has 1 heterocycles. The molecule has 0 spiro atoms. The van der Waals surface area contributed by atoms with Crippen molar-refractivity contribution in [3.8, 4) is 11.5 Å². The number of esters is 1. The summed E-state index contributed by atoms with van der Waals surface area (Å²) in [4.78, 5) is 34.9. The van der Waals surface area contributed by atoms with Crippen LogP contribution in [0.3, 0.4) is 0 Å². The van der Waals surface area contributed by atoms with Gasteiger partial charge in [0.05, 0.1) is 7.11 Å². The van der Waals surface area contributed by atoms with Gasteiger partial charge in [-0.05, 0) is 30.3 Å². The first-order chi connectivity index (χ1) is 13.5. The molecule has 0 bridgehead atoms. The van der Waals surface area contributed by atoms with E-state index in [9.17, 15) is 14.4 Å². The van der Waals surface area contributed by atoms with Gasteiger partial charge in [-0.1, -0.05) is 6.07 Å². The maximum absolute atomic E-state index is 11.9. The molecule has 0 atom stereocenters. The van der Waals surface area contributed by atoms with Crippen molar-refractivity contribution in [3.05, 3.63) is 65.0 Å². The number of rotatable bonds is 7. The second-order valence-corrected chi connectivity index (χ2v) is 5.68. The van der Waals surface area contributed by atoms with Gasteiger partial charge < -0.3 is 23.9 Å². The van der Waals surface area contributed by atoms with E-state index < -0.39 is 30.7 Å². The predicted molar refractivity (Wildman–Crippen MR) is 101 cm³/mol. The monoisotopic (exact) mass is 383 g/mol. The molecule has 8 nitrogen and oxygen atoms in total. The topological polar surface area (TPSA) is 104 Å². The molecule has 28 heavy (non-hydrogen) atoms. The van der Waals surface area contributed by atoms with E-state index in [0.717, 1.165) is 5.39 Å². The van der Waals surface area contributed by atoms with Gasteiger partial charge in [-0.3, -0.25) is 4.79 Å². The lowest BCUT2D eigenvalue weighted by Crippen LogP contribution is -2.23. The number of hydrogen-bond acceptors (Lipinski definition) is 7. The Morgan fingerprint density at radius 3 is 2.64 bits per heavy atom. The molecule has 0 radical (unpaired) electrons. The average molecular weight is 383 g/mol. The van der Waals surface area contributed by atoms with Crippen molar-refractivity contribution in [1.82, 2.24) is 0 Å². The molecule has 0 unspecified atom stereocenters. The molecule has 0 aliphatic heterocycles. The molecule has 3 rings (SSSR count). The molecule has 1 N–H and O–H groups in total. The number of carbonyl (C=O) groups excluding carboxylic acids is 2. The van der Waals surface area contributed by atoms with Crippen molar-refractivity contribution in [2.24, 2.45) is 0 Å². The molecule has 2 aromatic carbocycles. The average Bonchev–Trinajstić information content (AvgIpc) is 2.70. The first-order valence-electron chi connectivity index (χ1n) is 8.30. The molecule has 1 aromatic heterocycles. The molecule has 144 valence electrons. The lowest BCUT2D eigenvalue weighted by atomic mass is 10.2. The van der Waals surface area contributed by atoms with E-state index in [0.29, 0.717) is 22.8 Å². The van der Waals surface area contributed by atoms with Crippen LogP contribution in [0.5, 0.6) is 11.5 Å². The lowest BCUT2D eigenvalue weighted by Gasteiger charge is -2.09. The Balaban J connectivity index is 1.47. The first kappa shape index (κ1) is 19.0. The quantitative estimate of drug-likeness (QED) is 0.493. The number of nitrogens with one attached hydrogen (secondary N) is 1. The van der Waals surface area contributed by atoms with Gasteiger partial charge >= 0.3 is 11.6 Å². The Morgan fingerprint density at radius 1 is 1.00 bits per heavy atom. The number of carbonyl (C=O) groups is 2. The summed E-state index contributed by atoms with van der Waals surface area (Å²) in [7, 11) is 1.52. The number of benzene rings is 2. The minimum Gasteiger partial charge on any atom is -0.497 e. The molecule has 1 amide bonds. The van der Waals surface area contributed by atoms with E-state index in [-0.39, 0.29) is 0 Å². The highest BCUT2D eigenvalue weighted by Gasteiger charge is 2.10. The Morgan fingerprint density at radius 2 is 1.82 bits per heavy atom. The molecular formula is C20H17NO7. The van der Waals surface area contributed by atoms with Crippen molar-refractivity contribution in [1.29, 1.82) is 0 Å². The van der Waals surface area contributed by atoms with Crippen molar-refractivity contribution >= 4 is 28.5 Å². The maximum atomic E-state index is 11.9. The van der Waals surface area contributed by atoms with Crippen molar-refractivity contribution in [2.45, 2.75) is 0 Å². The Bertz CT molecular complexity index is 1060. The Hall–Kier alpha value is -3.81. The van der Waals surface area contributed by atoms with Crippen LogP contribution in [-0.4, -0.2) is 32.2 Å². The van der Waals surface area contributed by atoms with E-state index in [1.54, 1.807) is 42.5 Å². The van der Waals surface area contributed by atoms with Gasteiger partial charge in [-0.25, -0.2) is 9.59 Å². The summed E-state index contributed by atoms with van der Waals surface area (Å²) in [6.45, 7) is -0.846. The van der Waals surface area contributed by atoms with Crippen LogP contribution in [0.1, 0.15) is 0 Å². The normalized spacial score (nSPS) is 10.3. The van der Waals surface area contributed by atoms with Crippen molar-refractivity contribution < 1.29 is 28.2 Å². The zero-order chi connectivity index (χ0) is 19.9. The fraction of sp³-hybridized carbons (Fsp3) is 0.150. The number of fused-ring (bicyclic) bond motifs is 1. The maximum Gasteiger partial charge on any atom is 0.344 e. The zero-order valence-corrected chi connectivity index (χ0v) is 15.0. The van der Waals surface area contributed by atoms with Crippen LogP contribution in [0.15, 0.2) is 63.8 Å². The van der Waals surface area contributed by atoms with Crippen molar-refractivity contribution in [3.63, 3.8) is 0 Å². The van der Waals surface area contributed by atoms with E-state index in [1.165, 1.54) is 19.2 Å². The van der Waals surface area contributed by atoms with Crippen LogP contribution in [0.2, 0.25) is 0 Å². The van der Waals surface area contributed by atoms with Gasteiger partial charge in [-0.2, -0.15) is 0 Å². The molecule has 3 aromatic rings. The van der Waals surface area contributed by atoms with Crippen LogP contribution in [-0.2, 0) is 14.3 Å². The van der Waals surface area contributed by atoms with Gasteiger partial charge in [-0.15, -0.1) is 0 Å². The highest BCUT2D eigenvalue weighted by Crippen LogP contribution is 2.19. The molecular weight excluding hydrogens is 366 g/mol. The highest BCUT2D eigenvalue weighted by atomic mass is 16.6. The fourth-order valence-corrected chi connectivity index (χ4v) is 2.36. The SMILES string of the molecule is COc1cccc(NC(=O)COC(=O)COc2ccc3ccc(=O)oc3c2)c1. The third-order valence-corrected chi connectivity index (χ3v) is 3.67. The van der Waals surface area contributed by atoms with E-state index in [1.807, 2.05) is 0 Å². The van der Waals surface area contributed by atoms with Gasteiger partial charge in [0.1, 0.15) is 17.1 Å². The van der Waals surface area contributed by atoms with Gasteiger partial charge in [0.25, 0.3) is 5.91 Å². The summed E-state index contributed by atoms with van der Waals surface area (Å²) in [6, 6.07) is 14.6. The third kappa shape index (κ3) is 5.10. The second-order valence-electron chi connectivity index (χ2n) is 5.68. The Labute approximate surface area is 159 Å². The number of hydrogen-bond donors (Lipinski definition) is 1. The Kier molecular flexibility index (Phi) is 5.91. The van der Waals surface area contributed by atoms with Crippen molar-refractivity contribution in [2.75, 3.05) is 25.6 Å². The minimum atomic E-state index is -0.713. The molecule has 0 fully saturated rings. The fourth-order valence-electron chi connectivity index (χ4n) is 2.36. The largest absolute Gasteiger partial charge is 0.497 e. The van der Waals surface area contributed by atoms with Crippen LogP contribution >= 0.6 is 0 Å². The summed E-state index contributed by atoms with van der Waals surface area (Å²) in [5, 5.41) is 3.32. The summed E-state index contributed by atoms with van der Waals surface area (Å²) >= 11 is 0. The third-order valence-electron chi connectivity index (χ3n) is 3.67. The number of anilines is 1. The number of methoxy groups -OCH3 is 1. The predicted octanol–water partition coefficient (Wildman–Crippen LogP) is 2.36. The van der Waals surface area contributed by atoms with Gasteiger partial charge in [0.15, 0.2) is 13.2 Å². The standard InChI is InChI=1S/C20H17NO7/c1-25-15-4-2-3-14(9-15)21-18(22)11-27-20(24)12-26-16-7-5-13-6-8-19(23)28-17(13)10-16/h2-10H,11-12H2,1H3,(H,21,22). The summed E-state index contributed by atoms with van der Waals surface area (Å²) < 4.78 is 20.3. The number of ether oxygens (including phenoxy) is 3. The van der Waals surface area contributed by atoms with Crippen LogP contribution in [0.4, 0.5) is 5.69 Å². The van der Waals surface area contributed by atoms with E-state index >= 15 is 0 Å². The zero-order valence-electron chi connectivity index (χ0n) is 15.0. The lowest BCUT2D eigenvalue weighted by molar-refractivity contribution is -0.149. The molecule has 0 aliphatic rings. The molecule has 0 saturated carbocycles.